The lowest BCUT2D eigenvalue weighted by Crippen LogP contribution is -2.62. The molecule has 5 N–H and O–H groups in total. The second-order valence-electron chi connectivity index (χ2n) is 12.9. The van der Waals surface area contributed by atoms with Gasteiger partial charge in [0.1, 0.15) is 24.2 Å². The average molecular weight is 562 g/mol. The van der Waals surface area contributed by atoms with E-state index >= 15 is 0 Å². The predicted molar refractivity (Wildman–Crippen MR) is 145 cm³/mol. The highest BCUT2D eigenvalue weighted by Crippen LogP contribution is 2.65. The predicted octanol–water partition coefficient (Wildman–Crippen LogP) is 0.988. The van der Waals surface area contributed by atoms with Crippen molar-refractivity contribution in [3.63, 3.8) is 0 Å². The van der Waals surface area contributed by atoms with Gasteiger partial charge >= 0.3 is 12.0 Å². The van der Waals surface area contributed by atoms with Gasteiger partial charge in [-0.1, -0.05) is 48.1 Å². The Hall–Kier alpha value is -3.44. The number of Topliss-reactive ketones (excluding diaryl/α,β-unsaturated/α-hetero) is 1. The van der Waals surface area contributed by atoms with Crippen molar-refractivity contribution in [2.45, 2.75) is 91.9 Å². The van der Waals surface area contributed by atoms with Gasteiger partial charge in [0.2, 0.25) is 17.6 Å². The highest BCUT2D eigenvalue weighted by atomic mass is 16.5. The number of rotatable bonds is 11. The van der Waals surface area contributed by atoms with E-state index in [0.29, 0.717) is 19.4 Å². The van der Waals surface area contributed by atoms with Crippen LogP contribution in [0.5, 0.6) is 0 Å². The van der Waals surface area contributed by atoms with Crippen LogP contribution in [0.1, 0.15) is 67.7 Å². The zero-order chi connectivity index (χ0) is 30.3. The lowest BCUT2D eigenvalue weighted by atomic mass is 9.85. The van der Waals surface area contributed by atoms with Gasteiger partial charge < -0.3 is 31.3 Å². The Balaban J connectivity index is 1.80. The van der Waals surface area contributed by atoms with Gasteiger partial charge in [0.15, 0.2) is 0 Å². The lowest BCUT2D eigenvalue weighted by Gasteiger charge is -2.38. The number of primary amides is 1. The summed E-state index contributed by atoms with van der Waals surface area (Å²) in [5, 5.41) is 7.98. The Morgan fingerprint density at radius 1 is 1.07 bits per heavy atom. The molecule has 3 fully saturated rings. The Morgan fingerprint density at radius 3 is 2.15 bits per heavy atom. The number of ether oxygens (including phenoxy) is 1. The van der Waals surface area contributed by atoms with Crippen molar-refractivity contribution in [2.75, 3.05) is 6.54 Å². The number of hydrogen-bond donors (Lipinski definition) is 4. The molecule has 12 nitrogen and oxygen atoms in total. The molecule has 0 radical (unpaired) electrons. The van der Waals surface area contributed by atoms with Crippen molar-refractivity contribution in [3.8, 4) is 0 Å². The van der Waals surface area contributed by atoms with Gasteiger partial charge in [0.25, 0.3) is 5.91 Å². The molecule has 1 aliphatic heterocycles. The van der Waals surface area contributed by atoms with E-state index in [1.165, 1.54) is 11.8 Å². The smallest absolute Gasteiger partial charge is 0.333 e. The first kappa shape index (κ1) is 31.1. The first-order chi connectivity index (χ1) is 18.4. The minimum Gasteiger partial charge on any atom is -0.430 e. The maximum atomic E-state index is 14.0. The van der Waals surface area contributed by atoms with Gasteiger partial charge in [0, 0.05) is 6.54 Å². The minimum absolute atomic E-state index is 0.0641. The number of fused-ring (bicyclic) bond motifs is 1. The Kier molecular flexibility index (Phi) is 8.71. The molecule has 2 aliphatic carbocycles. The van der Waals surface area contributed by atoms with Crippen LogP contribution < -0.4 is 21.7 Å². The van der Waals surface area contributed by atoms with Crippen LogP contribution in [0.2, 0.25) is 0 Å². The Morgan fingerprint density at radius 2 is 1.68 bits per heavy atom. The van der Waals surface area contributed by atoms with Crippen LogP contribution in [-0.2, 0) is 28.7 Å². The van der Waals surface area contributed by atoms with Crippen molar-refractivity contribution in [1.29, 1.82) is 0 Å². The van der Waals surface area contributed by atoms with Crippen molar-refractivity contribution in [2.24, 2.45) is 34.3 Å². The maximum Gasteiger partial charge on any atom is 0.333 e. The van der Waals surface area contributed by atoms with E-state index in [9.17, 15) is 28.8 Å². The summed E-state index contributed by atoms with van der Waals surface area (Å²) in [5.41, 5.74) is 4.28. The van der Waals surface area contributed by atoms with Gasteiger partial charge in [-0.25, -0.2) is 9.59 Å². The number of ketones is 1. The van der Waals surface area contributed by atoms with Crippen molar-refractivity contribution in [1.82, 2.24) is 20.9 Å². The molecule has 5 amide bonds. The molecule has 0 aromatic carbocycles. The van der Waals surface area contributed by atoms with Crippen molar-refractivity contribution >= 4 is 35.5 Å². The Bertz CT molecular complexity index is 1110. The summed E-state index contributed by atoms with van der Waals surface area (Å²) in [7, 11) is 0. The van der Waals surface area contributed by atoms with E-state index in [0.717, 1.165) is 0 Å². The standard InChI is InChI=1S/C28H43N5O7/c1-9-16(25(38)40-13(2)3)30-26(39)32-21(27(4,5)6)24(37)33-12-15-17(28(15,7)8)19(33)23(36)31-18(14-10-11-14)20(34)22(29)35/h14-19,21H,2,9-12H2,1,3-8H3,(H2,29,35)(H,31,36)(H2,30,32,39)/t15-,16-,17-,18?,19-,21+/m0/s1. The number of hydrogen-bond acceptors (Lipinski definition) is 7. The van der Waals surface area contributed by atoms with Gasteiger partial charge in [-0.05, 0) is 54.8 Å². The molecule has 0 bridgehead atoms. The summed E-state index contributed by atoms with van der Waals surface area (Å²) >= 11 is 0. The number of likely N-dealkylation sites (tertiary alicyclic amines) is 1. The third-order valence-electron chi connectivity index (χ3n) is 8.34. The molecule has 1 heterocycles. The number of allylic oxidation sites excluding steroid dienone is 1. The van der Waals surface area contributed by atoms with Crippen LogP contribution >= 0.6 is 0 Å². The molecule has 6 atom stereocenters. The first-order valence-electron chi connectivity index (χ1n) is 13.8. The molecule has 222 valence electrons. The third kappa shape index (κ3) is 6.47. The summed E-state index contributed by atoms with van der Waals surface area (Å²) in [4.78, 5) is 78.4. The molecule has 2 saturated carbocycles. The zero-order valence-electron chi connectivity index (χ0n) is 24.5. The van der Waals surface area contributed by atoms with Crippen LogP contribution in [0.4, 0.5) is 4.79 Å². The van der Waals surface area contributed by atoms with Crippen LogP contribution in [0.3, 0.4) is 0 Å². The fourth-order valence-corrected chi connectivity index (χ4v) is 5.75. The van der Waals surface area contributed by atoms with Crippen LogP contribution in [0.25, 0.3) is 0 Å². The Labute approximate surface area is 235 Å². The summed E-state index contributed by atoms with van der Waals surface area (Å²) in [6, 6.07) is -4.61. The van der Waals surface area contributed by atoms with E-state index in [1.807, 2.05) is 13.8 Å². The summed E-state index contributed by atoms with van der Waals surface area (Å²) in [6.07, 6.45) is 1.64. The second-order valence-corrected chi connectivity index (χ2v) is 12.9. The lowest BCUT2D eigenvalue weighted by molar-refractivity contribution is -0.145. The van der Waals surface area contributed by atoms with Crippen molar-refractivity contribution < 1.29 is 33.5 Å². The number of nitrogens with two attached hydrogens (primary N) is 1. The molecule has 40 heavy (non-hydrogen) atoms. The number of nitrogens with zero attached hydrogens (tertiary/aromatic N) is 1. The normalized spacial score (nSPS) is 25.0. The van der Waals surface area contributed by atoms with E-state index < -0.39 is 65.1 Å². The SMILES string of the molecule is C=C(C)OC(=O)[C@H](CC)NC(=O)N[C@H](C(=O)N1C[C@H]2[C@@H]([C@H]1C(=O)NC(C(=O)C(N)=O)C1CC1)C2(C)C)C(C)(C)C. The number of esters is 1. The fourth-order valence-electron chi connectivity index (χ4n) is 5.75. The largest absolute Gasteiger partial charge is 0.430 e. The maximum absolute atomic E-state index is 14.0. The number of piperidine rings is 1. The molecule has 0 spiro atoms. The van der Waals surface area contributed by atoms with Crippen LogP contribution in [0.15, 0.2) is 12.3 Å². The monoisotopic (exact) mass is 561 g/mol. The van der Waals surface area contributed by atoms with Gasteiger partial charge in [-0.2, -0.15) is 0 Å². The summed E-state index contributed by atoms with van der Waals surface area (Å²) in [5.74, 6) is -3.64. The topological polar surface area (TPSA) is 177 Å². The molecule has 12 heteroatoms. The van der Waals surface area contributed by atoms with Gasteiger partial charge in [0.05, 0.1) is 5.76 Å². The molecule has 3 rings (SSSR count). The minimum atomic E-state index is -1.11. The number of amides is 5. The second kappa shape index (κ2) is 11.2. The number of urea groups is 1. The van der Waals surface area contributed by atoms with E-state index in [4.69, 9.17) is 10.5 Å². The molecule has 3 aliphatic rings. The molecule has 0 aromatic heterocycles. The van der Waals surface area contributed by atoms with Crippen LogP contribution in [0, 0.1) is 28.6 Å². The molecule has 0 aromatic rings. The molecular weight excluding hydrogens is 518 g/mol. The average Bonchev–Trinajstić information content (AvgIpc) is 3.70. The number of carbonyl (C=O) groups excluding carboxylic acids is 6. The van der Waals surface area contributed by atoms with E-state index in [1.54, 1.807) is 27.7 Å². The number of nitrogens with one attached hydrogen (secondary N) is 3. The van der Waals surface area contributed by atoms with Crippen molar-refractivity contribution in [3.05, 3.63) is 12.3 Å². The summed E-state index contributed by atoms with van der Waals surface area (Å²) < 4.78 is 5.02. The highest BCUT2D eigenvalue weighted by Gasteiger charge is 2.70. The van der Waals surface area contributed by atoms with Gasteiger partial charge in [-0.3, -0.25) is 19.2 Å². The zero-order valence-corrected chi connectivity index (χ0v) is 24.5. The first-order valence-corrected chi connectivity index (χ1v) is 13.8. The quantitative estimate of drug-likeness (QED) is 0.165. The molecular formula is C28H43N5O7. The van der Waals surface area contributed by atoms with E-state index in [2.05, 4.69) is 22.5 Å². The molecule has 1 saturated heterocycles. The van der Waals surface area contributed by atoms with E-state index in [-0.39, 0.29) is 35.3 Å². The van der Waals surface area contributed by atoms with Crippen LogP contribution in [-0.4, -0.2) is 71.1 Å². The van der Waals surface area contributed by atoms with Gasteiger partial charge in [-0.15, -0.1) is 0 Å². The fraction of sp³-hybridized carbons (Fsp3) is 0.714. The highest BCUT2D eigenvalue weighted by molar-refractivity contribution is 6.38. The third-order valence-corrected chi connectivity index (χ3v) is 8.34. The number of carbonyl (C=O) groups is 6. The summed E-state index contributed by atoms with van der Waals surface area (Å²) in [6.45, 7) is 16.5. The molecule has 1 unspecified atom stereocenters.